The Labute approximate surface area is 260 Å². The third-order valence-corrected chi connectivity index (χ3v) is 10.4. The van der Waals surface area contributed by atoms with E-state index < -0.39 is 6.04 Å². The van der Waals surface area contributed by atoms with Crippen molar-refractivity contribution in [2.24, 2.45) is 28.1 Å². The molecule has 1 amide bonds. The first-order valence-corrected chi connectivity index (χ1v) is 15.9. The van der Waals surface area contributed by atoms with Crippen molar-refractivity contribution in [2.45, 2.75) is 95.7 Å². The third-order valence-electron chi connectivity index (χ3n) is 10.1. The molecule has 0 radical (unpaired) electrons. The number of aromatic nitrogens is 3. The van der Waals surface area contributed by atoms with Gasteiger partial charge in [0.15, 0.2) is 0 Å². The summed E-state index contributed by atoms with van der Waals surface area (Å²) in [6.07, 6.45) is 16.4. The molecule has 1 aromatic carbocycles. The highest BCUT2D eigenvalue weighted by Crippen LogP contribution is 2.47. The van der Waals surface area contributed by atoms with Gasteiger partial charge in [-0.2, -0.15) is 5.10 Å². The Morgan fingerprint density at radius 2 is 1.76 bits per heavy atom. The number of amides is 1. The van der Waals surface area contributed by atoms with Crippen LogP contribution in [0, 0.1) is 17.3 Å². The van der Waals surface area contributed by atoms with Gasteiger partial charge >= 0.3 is 0 Å². The van der Waals surface area contributed by atoms with Crippen molar-refractivity contribution >= 4 is 35.8 Å². The Morgan fingerprint density at radius 3 is 2.43 bits per heavy atom. The number of benzene rings is 1. The zero-order chi connectivity index (χ0) is 28.2. The molecule has 1 atom stereocenters. The van der Waals surface area contributed by atoms with Gasteiger partial charge in [-0.3, -0.25) is 14.5 Å². The molecule has 42 heavy (non-hydrogen) atoms. The maximum atomic E-state index is 14.4. The minimum Gasteiger partial charge on any atom is -0.341 e. The number of rotatable bonds is 8. The van der Waals surface area contributed by atoms with Crippen LogP contribution in [0.15, 0.2) is 42.0 Å². The summed E-state index contributed by atoms with van der Waals surface area (Å²) in [5.74, 6) is 2.02. The van der Waals surface area contributed by atoms with Crippen LogP contribution in [0.4, 0.5) is 0 Å². The molecule has 3 heterocycles. The largest absolute Gasteiger partial charge is 0.341 e. The summed E-state index contributed by atoms with van der Waals surface area (Å²) in [7, 11) is 0. The lowest BCUT2D eigenvalue weighted by Crippen LogP contribution is -2.59. The van der Waals surface area contributed by atoms with Gasteiger partial charge < -0.3 is 10.6 Å². The minimum atomic E-state index is -0.418. The zero-order valence-corrected chi connectivity index (χ0v) is 25.9. The number of carbonyl (C=O) groups excluding carboxylic acids is 1. The summed E-state index contributed by atoms with van der Waals surface area (Å²) in [5, 5.41) is 11.8. The number of piperidine rings is 1. The fraction of sp³-hybridized carbons (Fsp3) is 0.667. The molecular weight excluding hydrogens is 573 g/mol. The van der Waals surface area contributed by atoms with Crippen molar-refractivity contribution in [3.8, 4) is 0 Å². The average Bonchev–Trinajstić information content (AvgIpc) is 3.70. The average molecular weight is 619 g/mol. The number of nitrogens with two attached hydrogens (primary N) is 1. The number of hydrazone groups is 1. The zero-order valence-electron chi connectivity index (χ0n) is 24.3. The summed E-state index contributed by atoms with van der Waals surface area (Å²) in [6, 6.07) is 7.67. The molecular formula is C30H45Cl2N9O. The highest BCUT2D eigenvalue weighted by Gasteiger charge is 2.45. The van der Waals surface area contributed by atoms with Crippen molar-refractivity contribution in [3.63, 3.8) is 0 Å². The predicted octanol–water partition coefficient (Wildman–Crippen LogP) is 4.31. The Hall–Kier alpha value is -2.40. The van der Waals surface area contributed by atoms with E-state index in [1.807, 2.05) is 40.3 Å². The standard InChI is InChI=1S/C30H44ClN9O.ClH/c31-25-10-6-22(7-11-25)18-27(40-28(35-36-37-40)23-8-12-26(32)13-9-23)29(41)38-16-14-30(15-17-38,19-39-21-33-20-34-39)24-4-2-1-3-5-24;/h6-7,10-11,20-21,23-24,26-27,36-37H,1-5,8-9,12-19,32H2;1H/t23?,26?,27-;/m1./s1. The van der Waals surface area contributed by atoms with Crippen LogP contribution < -0.4 is 16.8 Å². The Bertz CT molecular complexity index is 1170. The van der Waals surface area contributed by atoms with E-state index in [1.54, 1.807) is 6.33 Å². The quantitative estimate of drug-likeness (QED) is 0.404. The molecule has 6 rings (SSSR count). The highest BCUT2D eigenvalue weighted by molar-refractivity contribution is 6.30. The predicted molar refractivity (Wildman–Crippen MR) is 167 cm³/mol. The second-order valence-electron chi connectivity index (χ2n) is 12.6. The van der Waals surface area contributed by atoms with Crippen molar-refractivity contribution in [1.29, 1.82) is 0 Å². The van der Waals surface area contributed by atoms with E-state index in [0.29, 0.717) is 17.4 Å². The van der Waals surface area contributed by atoms with Gasteiger partial charge in [0, 0.05) is 43.0 Å². The van der Waals surface area contributed by atoms with Crippen LogP contribution >= 0.6 is 24.0 Å². The monoisotopic (exact) mass is 617 g/mol. The Balaban J connectivity index is 0.00000353. The minimum absolute atomic E-state index is 0. The van der Waals surface area contributed by atoms with Crippen molar-refractivity contribution in [2.75, 3.05) is 13.1 Å². The number of likely N-dealkylation sites (tertiary alicyclic amines) is 1. The molecule has 2 aliphatic carbocycles. The topological polar surface area (TPSA) is 117 Å². The normalized spacial score (nSPS) is 25.3. The first-order chi connectivity index (χ1) is 20.0. The maximum Gasteiger partial charge on any atom is 0.247 e. The van der Waals surface area contributed by atoms with Crippen molar-refractivity contribution in [3.05, 3.63) is 47.5 Å². The van der Waals surface area contributed by atoms with E-state index in [9.17, 15) is 4.79 Å². The summed E-state index contributed by atoms with van der Waals surface area (Å²) >= 11 is 6.19. The smallest absolute Gasteiger partial charge is 0.247 e. The fourth-order valence-corrected chi connectivity index (χ4v) is 7.84. The second-order valence-corrected chi connectivity index (χ2v) is 13.1. The molecule has 4 N–H and O–H groups in total. The first-order valence-electron chi connectivity index (χ1n) is 15.5. The van der Waals surface area contributed by atoms with Gasteiger partial charge in [-0.15, -0.1) is 23.0 Å². The van der Waals surface area contributed by atoms with Gasteiger partial charge in [0.2, 0.25) is 5.91 Å². The lowest BCUT2D eigenvalue weighted by Gasteiger charge is -2.48. The number of halogens is 2. The van der Waals surface area contributed by atoms with Gasteiger partial charge in [0.25, 0.3) is 0 Å². The molecule has 0 bridgehead atoms. The van der Waals surface area contributed by atoms with E-state index in [2.05, 4.69) is 31.2 Å². The van der Waals surface area contributed by atoms with Crippen molar-refractivity contribution < 1.29 is 4.79 Å². The van der Waals surface area contributed by atoms with E-state index in [4.69, 9.17) is 17.3 Å². The summed E-state index contributed by atoms with van der Waals surface area (Å²) in [5.41, 5.74) is 13.6. The van der Waals surface area contributed by atoms with E-state index in [0.717, 1.165) is 69.6 Å². The molecule has 2 saturated carbocycles. The number of nitrogens with zero attached hydrogens (tertiary/aromatic N) is 6. The molecule has 1 aromatic heterocycles. The molecule has 3 fully saturated rings. The molecule has 2 aromatic rings. The SMILES string of the molecule is Cl.NC1CCC(C2=NNNN2[C@H](Cc2ccc(Cl)cc2)C(=O)N2CCC(Cn3cncn3)(C3CCCCC3)CC2)CC1. The van der Waals surface area contributed by atoms with E-state index >= 15 is 0 Å². The lowest BCUT2D eigenvalue weighted by atomic mass is 9.63. The van der Waals surface area contributed by atoms with E-state index in [1.165, 1.54) is 32.1 Å². The van der Waals surface area contributed by atoms with Gasteiger partial charge in [-0.05, 0) is 80.4 Å². The highest BCUT2D eigenvalue weighted by atomic mass is 35.5. The molecule has 4 aliphatic rings. The van der Waals surface area contributed by atoms with Crippen LogP contribution in [-0.4, -0.2) is 61.6 Å². The Morgan fingerprint density at radius 1 is 1.05 bits per heavy atom. The molecule has 12 heteroatoms. The molecule has 10 nitrogen and oxygen atoms in total. The molecule has 1 saturated heterocycles. The molecule has 2 aliphatic heterocycles. The Kier molecular flexibility index (Phi) is 10.3. The molecule has 230 valence electrons. The number of hydrogen-bond acceptors (Lipinski definition) is 8. The van der Waals surface area contributed by atoms with Crippen LogP contribution in [0.1, 0.15) is 76.2 Å². The summed E-state index contributed by atoms with van der Waals surface area (Å²) in [4.78, 5) is 20.7. The number of nitrogens with one attached hydrogen (secondary N) is 2. The summed E-state index contributed by atoms with van der Waals surface area (Å²) < 4.78 is 2.01. The lowest BCUT2D eigenvalue weighted by molar-refractivity contribution is -0.140. The van der Waals surface area contributed by atoms with Gasteiger partial charge in [0.1, 0.15) is 24.5 Å². The number of hydrazine groups is 2. The van der Waals surface area contributed by atoms with Crippen LogP contribution in [0.25, 0.3) is 0 Å². The van der Waals surface area contributed by atoms with Crippen molar-refractivity contribution in [1.82, 2.24) is 35.7 Å². The maximum absolute atomic E-state index is 14.4. The van der Waals surface area contributed by atoms with Crippen LogP contribution in [0.2, 0.25) is 5.02 Å². The first kappa shape index (κ1) is 31.0. The fourth-order valence-electron chi connectivity index (χ4n) is 7.71. The van der Waals surface area contributed by atoms with E-state index in [-0.39, 0.29) is 35.7 Å². The second kappa shape index (κ2) is 13.9. The van der Waals surface area contributed by atoms with Gasteiger partial charge in [-0.1, -0.05) is 43.0 Å². The van der Waals surface area contributed by atoms with Crippen LogP contribution in [-0.2, 0) is 17.8 Å². The summed E-state index contributed by atoms with van der Waals surface area (Å²) in [6.45, 7) is 2.40. The van der Waals surface area contributed by atoms with Gasteiger partial charge in [-0.25, -0.2) is 10.5 Å². The van der Waals surface area contributed by atoms with Crippen LogP contribution in [0.5, 0.6) is 0 Å². The molecule has 0 unspecified atom stereocenters. The molecule has 0 spiro atoms. The number of amidine groups is 1. The van der Waals surface area contributed by atoms with Crippen LogP contribution in [0.3, 0.4) is 0 Å². The number of carbonyl (C=O) groups is 1. The third kappa shape index (κ3) is 6.87. The van der Waals surface area contributed by atoms with Gasteiger partial charge in [0.05, 0.1) is 0 Å². The number of hydrogen-bond donors (Lipinski definition) is 3.